The monoisotopic (exact) mass is 168 g/mol. The van der Waals surface area contributed by atoms with Gasteiger partial charge in [0.05, 0.1) is 0 Å². The second-order valence-electron chi connectivity index (χ2n) is 2.22. The molecule has 0 radical (unpaired) electrons. The molecule has 0 bridgehead atoms. The maximum atomic E-state index is 10.4. The van der Waals surface area contributed by atoms with Crippen molar-refractivity contribution in [3.05, 3.63) is 24.0 Å². The van der Waals surface area contributed by atoms with Crippen LogP contribution in [-0.2, 0) is 4.79 Å². The van der Waals surface area contributed by atoms with Gasteiger partial charge in [0, 0.05) is 6.20 Å². The Morgan fingerprint density at radius 1 is 1.67 bits per heavy atom. The van der Waals surface area contributed by atoms with Crippen LogP contribution in [-0.4, -0.2) is 21.2 Å². The normalized spacial score (nSPS) is 12.4. The summed E-state index contributed by atoms with van der Waals surface area (Å²) in [6, 6.07) is 1.56. The summed E-state index contributed by atoms with van der Waals surface area (Å²) in [7, 11) is 0. The summed E-state index contributed by atoms with van der Waals surface area (Å²) in [5.74, 6) is -1.42. The molecular formula is C7H8N2O3. The Hall–Kier alpha value is -1.62. The molecule has 0 aliphatic heterocycles. The molecule has 1 rings (SSSR count). The first-order valence-corrected chi connectivity index (χ1v) is 3.25. The Balaban J connectivity index is 3.02. The molecule has 0 aliphatic rings. The van der Waals surface area contributed by atoms with Crippen LogP contribution in [0.4, 0.5) is 0 Å². The van der Waals surface area contributed by atoms with Crippen LogP contribution in [0.2, 0.25) is 0 Å². The van der Waals surface area contributed by atoms with Crippen LogP contribution in [0.5, 0.6) is 5.75 Å². The number of aromatic nitrogens is 1. The third-order valence-corrected chi connectivity index (χ3v) is 1.38. The maximum absolute atomic E-state index is 10.4. The molecule has 1 aromatic rings. The van der Waals surface area contributed by atoms with Gasteiger partial charge in [0.25, 0.3) is 0 Å². The van der Waals surface area contributed by atoms with Crippen molar-refractivity contribution in [3.8, 4) is 5.75 Å². The fourth-order valence-corrected chi connectivity index (χ4v) is 0.766. The van der Waals surface area contributed by atoms with Gasteiger partial charge in [0.1, 0.15) is 17.5 Å². The van der Waals surface area contributed by atoms with Crippen molar-refractivity contribution >= 4 is 5.97 Å². The van der Waals surface area contributed by atoms with Crippen LogP contribution in [0, 0.1) is 0 Å². The third-order valence-electron chi connectivity index (χ3n) is 1.38. The van der Waals surface area contributed by atoms with Crippen LogP contribution < -0.4 is 5.73 Å². The largest absolute Gasteiger partial charge is 0.506 e. The maximum Gasteiger partial charge on any atom is 0.326 e. The molecule has 1 unspecified atom stereocenters. The summed E-state index contributed by atoms with van der Waals surface area (Å²) >= 11 is 0. The molecule has 12 heavy (non-hydrogen) atoms. The van der Waals surface area contributed by atoms with Crippen LogP contribution in [0.15, 0.2) is 18.3 Å². The third kappa shape index (κ3) is 1.51. The summed E-state index contributed by atoms with van der Waals surface area (Å²) in [4.78, 5) is 14.0. The van der Waals surface area contributed by atoms with Crippen molar-refractivity contribution in [1.29, 1.82) is 0 Å². The molecule has 0 saturated carbocycles. The molecule has 5 heteroatoms. The van der Waals surface area contributed by atoms with E-state index in [2.05, 4.69) is 4.98 Å². The molecule has 0 fully saturated rings. The summed E-state index contributed by atoms with van der Waals surface area (Å²) in [6.45, 7) is 0. The zero-order chi connectivity index (χ0) is 9.14. The van der Waals surface area contributed by atoms with E-state index in [1.54, 1.807) is 0 Å². The number of hydrogen-bond donors (Lipinski definition) is 3. The van der Waals surface area contributed by atoms with E-state index in [1.807, 2.05) is 0 Å². The number of carboxylic acids is 1. The summed E-state index contributed by atoms with van der Waals surface area (Å²) < 4.78 is 0. The zero-order valence-electron chi connectivity index (χ0n) is 6.14. The lowest BCUT2D eigenvalue weighted by Gasteiger charge is -2.06. The topological polar surface area (TPSA) is 96.4 Å². The molecule has 0 spiro atoms. The van der Waals surface area contributed by atoms with Crippen molar-refractivity contribution in [2.75, 3.05) is 0 Å². The average molecular weight is 168 g/mol. The highest BCUT2D eigenvalue weighted by Crippen LogP contribution is 2.18. The molecule has 1 atom stereocenters. The Kier molecular flexibility index (Phi) is 2.25. The number of hydrogen-bond acceptors (Lipinski definition) is 4. The van der Waals surface area contributed by atoms with Gasteiger partial charge >= 0.3 is 5.97 Å². The van der Waals surface area contributed by atoms with E-state index < -0.39 is 12.0 Å². The van der Waals surface area contributed by atoms with Crippen LogP contribution >= 0.6 is 0 Å². The van der Waals surface area contributed by atoms with E-state index in [4.69, 9.17) is 15.9 Å². The average Bonchev–Trinajstić information content (AvgIpc) is 2.04. The molecule has 64 valence electrons. The minimum atomic E-state index is -1.27. The number of carboxylic acid groups (broad SMARTS) is 1. The van der Waals surface area contributed by atoms with Gasteiger partial charge in [-0.2, -0.15) is 0 Å². The zero-order valence-corrected chi connectivity index (χ0v) is 6.14. The van der Waals surface area contributed by atoms with E-state index in [9.17, 15) is 4.79 Å². The van der Waals surface area contributed by atoms with E-state index in [0.717, 1.165) is 0 Å². The quantitative estimate of drug-likeness (QED) is 0.571. The smallest absolute Gasteiger partial charge is 0.326 e. The molecule has 5 nitrogen and oxygen atoms in total. The number of rotatable bonds is 2. The number of nitrogens with two attached hydrogens (primary N) is 1. The molecule has 1 aromatic heterocycles. The Bertz CT molecular complexity index is 300. The number of nitrogens with zero attached hydrogens (tertiary/aromatic N) is 1. The van der Waals surface area contributed by atoms with Gasteiger partial charge in [0.2, 0.25) is 0 Å². The molecule has 0 amide bonds. The van der Waals surface area contributed by atoms with Gasteiger partial charge in [0.15, 0.2) is 0 Å². The molecule has 0 saturated heterocycles. The number of pyridine rings is 1. The van der Waals surface area contributed by atoms with Crippen LogP contribution in [0.25, 0.3) is 0 Å². The lowest BCUT2D eigenvalue weighted by molar-refractivity contribution is -0.138. The molecule has 1 heterocycles. The van der Waals surface area contributed by atoms with E-state index in [-0.39, 0.29) is 11.4 Å². The molecular weight excluding hydrogens is 160 g/mol. The first-order valence-electron chi connectivity index (χ1n) is 3.25. The van der Waals surface area contributed by atoms with Crippen LogP contribution in [0.1, 0.15) is 11.7 Å². The van der Waals surface area contributed by atoms with E-state index in [0.29, 0.717) is 0 Å². The van der Waals surface area contributed by atoms with Crippen molar-refractivity contribution < 1.29 is 15.0 Å². The first kappa shape index (κ1) is 8.48. The van der Waals surface area contributed by atoms with Gasteiger partial charge in [-0.1, -0.05) is 0 Å². The van der Waals surface area contributed by atoms with Gasteiger partial charge < -0.3 is 15.9 Å². The van der Waals surface area contributed by atoms with Gasteiger partial charge in [-0.3, -0.25) is 9.78 Å². The SMILES string of the molecule is NC(C(=O)O)c1ncccc1O. The fourth-order valence-electron chi connectivity index (χ4n) is 0.766. The number of carbonyl (C=O) groups is 1. The number of aliphatic carboxylic acids is 1. The highest BCUT2D eigenvalue weighted by molar-refractivity contribution is 5.75. The predicted octanol–water partition coefficient (Wildman–Crippen LogP) is -0.128. The molecule has 0 aliphatic carbocycles. The first-order chi connectivity index (χ1) is 5.63. The van der Waals surface area contributed by atoms with Gasteiger partial charge in [-0.25, -0.2) is 0 Å². The fraction of sp³-hybridized carbons (Fsp3) is 0.143. The van der Waals surface area contributed by atoms with Crippen molar-refractivity contribution in [3.63, 3.8) is 0 Å². The highest BCUT2D eigenvalue weighted by atomic mass is 16.4. The minimum absolute atomic E-state index is 0.0231. The van der Waals surface area contributed by atoms with Crippen molar-refractivity contribution in [1.82, 2.24) is 4.98 Å². The van der Waals surface area contributed by atoms with Crippen molar-refractivity contribution in [2.45, 2.75) is 6.04 Å². The summed E-state index contributed by atoms with van der Waals surface area (Å²) in [5.41, 5.74) is 5.19. The van der Waals surface area contributed by atoms with Gasteiger partial charge in [-0.05, 0) is 12.1 Å². The standard InChI is InChI=1S/C7H8N2O3/c8-5(7(11)12)6-4(10)2-1-3-9-6/h1-3,5,10H,8H2,(H,11,12). The lowest BCUT2D eigenvalue weighted by atomic mass is 10.2. The number of aromatic hydroxyl groups is 1. The van der Waals surface area contributed by atoms with Crippen LogP contribution in [0.3, 0.4) is 0 Å². The summed E-state index contributed by atoms with van der Waals surface area (Å²) in [6.07, 6.45) is 1.37. The lowest BCUT2D eigenvalue weighted by Crippen LogP contribution is -2.21. The minimum Gasteiger partial charge on any atom is -0.506 e. The predicted molar refractivity (Wildman–Crippen MR) is 40.5 cm³/mol. The van der Waals surface area contributed by atoms with E-state index in [1.165, 1.54) is 18.3 Å². The molecule has 0 aromatic carbocycles. The second-order valence-corrected chi connectivity index (χ2v) is 2.22. The second kappa shape index (κ2) is 3.19. The Labute approximate surface area is 68.5 Å². The molecule has 4 N–H and O–H groups in total. The van der Waals surface area contributed by atoms with E-state index >= 15 is 0 Å². The highest BCUT2D eigenvalue weighted by Gasteiger charge is 2.18. The Morgan fingerprint density at radius 2 is 2.33 bits per heavy atom. The Morgan fingerprint density at radius 3 is 2.83 bits per heavy atom. The van der Waals surface area contributed by atoms with Crippen molar-refractivity contribution in [2.24, 2.45) is 5.73 Å². The summed E-state index contributed by atoms with van der Waals surface area (Å²) in [5, 5.41) is 17.6. The van der Waals surface area contributed by atoms with Gasteiger partial charge in [-0.15, -0.1) is 0 Å².